The van der Waals surface area contributed by atoms with Crippen LogP contribution < -0.4 is 5.63 Å². The normalized spacial score (nSPS) is 10.2. The van der Waals surface area contributed by atoms with Gasteiger partial charge in [-0.1, -0.05) is 6.92 Å². The number of carbonyl (C=O) groups excluding carboxylic acids is 2. The summed E-state index contributed by atoms with van der Waals surface area (Å²) in [7, 11) is 0. The summed E-state index contributed by atoms with van der Waals surface area (Å²) in [5.41, 5.74) is -1.12. The second kappa shape index (κ2) is 5.98. The van der Waals surface area contributed by atoms with Gasteiger partial charge in [0.05, 0.1) is 0 Å². The molecule has 1 N–H and O–H groups in total. The first-order valence-corrected chi connectivity index (χ1v) is 5.43. The largest absolute Gasteiger partial charge is 0.507 e. The molecule has 0 amide bonds. The molecule has 0 fully saturated rings. The predicted molar refractivity (Wildman–Crippen MR) is 60.3 cm³/mol. The molecular formula is C12H14O5. The van der Waals surface area contributed by atoms with Crippen LogP contribution in [-0.4, -0.2) is 17.2 Å². The van der Waals surface area contributed by atoms with Gasteiger partial charge in [-0.15, -0.1) is 0 Å². The molecule has 0 aliphatic carbocycles. The Morgan fingerprint density at radius 2 is 2.24 bits per heavy atom. The number of unbranched alkanes of at least 4 members (excludes halogenated alkanes) is 1. The van der Waals surface area contributed by atoms with Gasteiger partial charge in [0, 0.05) is 25.3 Å². The van der Waals surface area contributed by atoms with Crippen LogP contribution >= 0.6 is 0 Å². The Balaban J connectivity index is 2.97. The molecule has 0 atom stereocenters. The van der Waals surface area contributed by atoms with E-state index in [1.165, 1.54) is 6.07 Å². The highest BCUT2D eigenvalue weighted by molar-refractivity contribution is 5.97. The summed E-state index contributed by atoms with van der Waals surface area (Å²) in [6, 6.07) is 1.26. The van der Waals surface area contributed by atoms with E-state index in [1.807, 2.05) is 0 Å². The predicted octanol–water partition coefficient (Wildman–Crippen LogP) is 1.46. The monoisotopic (exact) mass is 238 g/mol. The van der Waals surface area contributed by atoms with Crippen molar-refractivity contribution in [3.63, 3.8) is 0 Å². The average molecular weight is 238 g/mol. The standard InChI is InChI=1S/C12H14O5/c1-2-9(14)11-10(15)7-8(17-12(11)16)5-3-4-6-13/h6-7,15H,2-5H2,1H3. The Morgan fingerprint density at radius 3 is 2.76 bits per heavy atom. The first-order chi connectivity index (χ1) is 8.10. The van der Waals surface area contributed by atoms with Gasteiger partial charge in [-0.3, -0.25) is 4.79 Å². The lowest BCUT2D eigenvalue weighted by Crippen LogP contribution is -2.14. The first kappa shape index (κ1) is 13.2. The topological polar surface area (TPSA) is 84.6 Å². The minimum atomic E-state index is -0.821. The third kappa shape index (κ3) is 3.27. The Morgan fingerprint density at radius 1 is 1.53 bits per heavy atom. The number of Topliss-reactive ketones (excluding diaryl/α,β-unsaturated/α-hetero) is 1. The van der Waals surface area contributed by atoms with Crippen LogP contribution in [0.4, 0.5) is 0 Å². The van der Waals surface area contributed by atoms with Crippen molar-refractivity contribution in [1.29, 1.82) is 0 Å². The fourth-order valence-electron chi connectivity index (χ4n) is 1.45. The van der Waals surface area contributed by atoms with Crippen molar-refractivity contribution < 1.29 is 19.1 Å². The number of aryl methyl sites for hydroxylation is 1. The molecule has 0 bridgehead atoms. The average Bonchev–Trinajstić information content (AvgIpc) is 2.28. The van der Waals surface area contributed by atoms with E-state index in [9.17, 15) is 19.5 Å². The maximum absolute atomic E-state index is 11.5. The molecule has 5 heteroatoms. The van der Waals surface area contributed by atoms with Crippen LogP contribution in [0.5, 0.6) is 5.75 Å². The molecule has 1 rings (SSSR count). The van der Waals surface area contributed by atoms with Gasteiger partial charge in [0.15, 0.2) is 5.78 Å². The maximum atomic E-state index is 11.5. The minimum Gasteiger partial charge on any atom is -0.507 e. The van der Waals surface area contributed by atoms with E-state index < -0.39 is 11.4 Å². The summed E-state index contributed by atoms with van der Waals surface area (Å²) in [6.45, 7) is 1.60. The van der Waals surface area contributed by atoms with Crippen LogP contribution in [0.2, 0.25) is 0 Å². The highest BCUT2D eigenvalue weighted by Gasteiger charge is 2.17. The molecule has 5 nitrogen and oxygen atoms in total. The quantitative estimate of drug-likeness (QED) is 0.460. The van der Waals surface area contributed by atoms with E-state index in [4.69, 9.17) is 4.42 Å². The molecule has 0 unspecified atom stereocenters. The number of aromatic hydroxyl groups is 1. The smallest absolute Gasteiger partial charge is 0.350 e. The van der Waals surface area contributed by atoms with E-state index >= 15 is 0 Å². The lowest BCUT2D eigenvalue weighted by atomic mass is 10.1. The van der Waals surface area contributed by atoms with Crippen LogP contribution in [0.25, 0.3) is 0 Å². The van der Waals surface area contributed by atoms with Crippen LogP contribution in [-0.2, 0) is 11.2 Å². The zero-order valence-electron chi connectivity index (χ0n) is 9.56. The molecule has 17 heavy (non-hydrogen) atoms. The Kier molecular flexibility index (Phi) is 4.63. The number of carbonyl (C=O) groups is 2. The van der Waals surface area contributed by atoms with Crippen molar-refractivity contribution in [2.75, 3.05) is 0 Å². The number of aldehydes is 1. The number of hydrogen-bond acceptors (Lipinski definition) is 5. The zero-order valence-corrected chi connectivity index (χ0v) is 9.56. The third-order valence-electron chi connectivity index (χ3n) is 2.33. The highest BCUT2D eigenvalue weighted by atomic mass is 16.4. The van der Waals surface area contributed by atoms with E-state index in [1.54, 1.807) is 6.92 Å². The first-order valence-electron chi connectivity index (χ1n) is 5.43. The van der Waals surface area contributed by atoms with Gasteiger partial charge < -0.3 is 14.3 Å². The summed E-state index contributed by atoms with van der Waals surface area (Å²) in [4.78, 5) is 33.0. The fraction of sp³-hybridized carbons (Fsp3) is 0.417. The molecular weight excluding hydrogens is 224 g/mol. The Bertz CT molecular complexity index is 472. The summed E-state index contributed by atoms with van der Waals surface area (Å²) < 4.78 is 4.91. The van der Waals surface area contributed by atoms with E-state index in [-0.39, 0.29) is 23.5 Å². The van der Waals surface area contributed by atoms with Gasteiger partial charge in [0.1, 0.15) is 23.4 Å². The zero-order chi connectivity index (χ0) is 12.8. The third-order valence-corrected chi connectivity index (χ3v) is 2.33. The lowest BCUT2D eigenvalue weighted by molar-refractivity contribution is -0.107. The van der Waals surface area contributed by atoms with Crippen molar-refractivity contribution >= 4 is 12.1 Å². The van der Waals surface area contributed by atoms with Gasteiger partial charge in [-0.25, -0.2) is 4.79 Å². The van der Waals surface area contributed by atoms with Gasteiger partial charge >= 0.3 is 5.63 Å². The van der Waals surface area contributed by atoms with Crippen molar-refractivity contribution in [3.05, 3.63) is 27.8 Å². The highest BCUT2D eigenvalue weighted by Crippen LogP contribution is 2.17. The summed E-state index contributed by atoms with van der Waals surface area (Å²) in [5, 5.41) is 9.58. The molecule has 0 saturated carbocycles. The van der Waals surface area contributed by atoms with Gasteiger partial charge in [0.25, 0.3) is 0 Å². The molecule has 92 valence electrons. The van der Waals surface area contributed by atoms with Crippen LogP contribution in [0.1, 0.15) is 42.3 Å². The second-order valence-electron chi connectivity index (χ2n) is 3.60. The lowest BCUT2D eigenvalue weighted by Gasteiger charge is -2.03. The fourth-order valence-corrected chi connectivity index (χ4v) is 1.45. The summed E-state index contributed by atoms with van der Waals surface area (Å²) >= 11 is 0. The maximum Gasteiger partial charge on any atom is 0.350 e. The van der Waals surface area contributed by atoms with E-state index in [0.717, 1.165) is 6.29 Å². The SMILES string of the molecule is CCC(=O)c1c(O)cc(CCCC=O)oc1=O. The molecule has 0 spiro atoms. The minimum absolute atomic E-state index is 0.128. The number of ketones is 1. The molecule has 0 aliphatic rings. The molecule has 0 radical (unpaired) electrons. The number of hydrogen-bond donors (Lipinski definition) is 1. The van der Waals surface area contributed by atoms with E-state index in [0.29, 0.717) is 19.3 Å². The van der Waals surface area contributed by atoms with Crippen molar-refractivity contribution in [1.82, 2.24) is 0 Å². The molecule has 1 heterocycles. The van der Waals surface area contributed by atoms with Crippen molar-refractivity contribution in [2.24, 2.45) is 0 Å². The second-order valence-corrected chi connectivity index (χ2v) is 3.60. The van der Waals surface area contributed by atoms with Gasteiger partial charge in [-0.05, 0) is 6.42 Å². The van der Waals surface area contributed by atoms with Crippen molar-refractivity contribution in [2.45, 2.75) is 32.6 Å². The van der Waals surface area contributed by atoms with Gasteiger partial charge in [-0.2, -0.15) is 0 Å². The van der Waals surface area contributed by atoms with Crippen molar-refractivity contribution in [3.8, 4) is 5.75 Å². The van der Waals surface area contributed by atoms with Crippen LogP contribution in [0.15, 0.2) is 15.3 Å². The van der Waals surface area contributed by atoms with E-state index in [2.05, 4.69) is 0 Å². The molecule has 1 aromatic heterocycles. The van der Waals surface area contributed by atoms with Crippen LogP contribution in [0.3, 0.4) is 0 Å². The number of rotatable bonds is 6. The molecule has 0 aliphatic heterocycles. The summed E-state index contributed by atoms with van der Waals surface area (Å²) in [6.07, 6.45) is 2.17. The molecule has 1 aromatic rings. The summed E-state index contributed by atoms with van der Waals surface area (Å²) in [5.74, 6) is -0.521. The van der Waals surface area contributed by atoms with Gasteiger partial charge in [0.2, 0.25) is 0 Å². The molecule has 0 saturated heterocycles. The Labute approximate surface area is 98.1 Å². The van der Waals surface area contributed by atoms with Crippen LogP contribution in [0, 0.1) is 0 Å². The Hall–Kier alpha value is -1.91. The molecule has 0 aromatic carbocycles.